The third kappa shape index (κ3) is 6.16. The van der Waals surface area contributed by atoms with Crippen LogP contribution in [0.5, 0.6) is 0 Å². The highest BCUT2D eigenvalue weighted by atomic mass is 32.2. The van der Waals surface area contributed by atoms with Gasteiger partial charge in [-0.05, 0) is 36.8 Å². The van der Waals surface area contributed by atoms with Gasteiger partial charge in [-0.15, -0.1) is 0 Å². The molecule has 0 aromatic heterocycles. The molecule has 0 unspecified atom stereocenters. The first-order chi connectivity index (χ1) is 13.2. The molecule has 2 rings (SSSR count). The molecular formula is C20H22FNO5S. The van der Waals surface area contributed by atoms with Crippen LogP contribution in [0, 0.1) is 5.82 Å². The van der Waals surface area contributed by atoms with E-state index < -0.39 is 45.8 Å². The van der Waals surface area contributed by atoms with E-state index in [4.69, 9.17) is 4.74 Å². The Kier molecular flexibility index (Phi) is 7.28. The maximum absolute atomic E-state index is 12.9. The van der Waals surface area contributed by atoms with Gasteiger partial charge < -0.3 is 9.64 Å². The number of halogens is 1. The number of hydrogen-bond donors (Lipinski definition) is 0. The van der Waals surface area contributed by atoms with Gasteiger partial charge in [0.25, 0.3) is 5.91 Å². The Labute approximate surface area is 163 Å². The SMILES string of the molecule is C[C@@H](OC(=O)CCS(=O)(=O)c1ccc(F)cc1)C(=O)N(C)Cc1ccccc1. The van der Waals surface area contributed by atoms with Gasteiger partial charge in [-0.25, -0.2) is 12.8 Å². The molecule has 0 saturated carbocycles. The highest BCUT2D eigenvalue weighted by Crippen LogP contribution is 2.13. The lowest BCUT2D eigenvalue weighted by Crippen LogP contribution is -2.37. The van der Waals surface area contributed by atoms with E-state index in [-0.39, 0.29) is 4.90 Å². The second kappa shape index (κ2) is 9.45. The van der Waals surface area contributed by atoms with E-state index in [0.29, 0.717) is 6.54 Å². The van der Waals surface area contributed by atoms with Crippen LogP contribution in [0.2, 0.25) is 0 Å². The normalized spacial score (nSPS) is 12.2. The molecule has 0 saturated heterocycles. The summed E-state index contributed by atoms with van der Waals surface area (Å²) in [4.78, 5) is 25.6. The second-order valence-electron chi connectivity index (χ2n) is 6.33. The number of ether oxygens (including phenoxy) is 1. The molecule has 150 valence electrons. The molecule has 0 aliphatic rings. The zero-order valence-electron chi connectivity index (χ0n) is 15.7. The molecule has 1 amide bonds. The molecule has 28 heavy (non-hydrogen) atoms. The van der Waals surface area contributed by atoms with Gasteiger partial charge in [-0.1, -0.05) is 30.3 Å². The minimum absolute atomic E-state index is 0.0755. The Morgan fingerprint density at radius 2 is 1.68 bits per heavy atom. The molecule has 0 heterocycles. The fraction of sp³-hybridized carbons (Fsp3) is 0.300. The summed E-state index contributed by atoms with van der Waals surface area (Å²) in [6.07, 6.45) is -1.44. The summed E-state index contributed by atoms with van der Waals surface area (Å²) in [6.45, 7) is 1.80. The van der Waals surface area contributed by atoms with Crippen molar-refractivity contribution in [3.63, 3.8) is 0 Å². The molecule has 2 aromatic carbocycles. The molecule has 1 atom stereocenters. The standard InChI is InChI=1S/C20H22FNO5S/c1-15(20(24)22(2)14-16-6-4-3-5-7-16)27-19(23)12-13-28(25,26)18-10-8-17(21)9-11-18/h3-11,15H,12-14H2,1-2H3/t15-/m1/s1. The summed E-state index contributed by atoms with van der Waals surface area (Å²) >= 11 is 0. The lowest BCUT2D eigenvalue weighted by molar-refractivity contribution is -0.158. The molecule has 0 spiro atoms. The van der Waals surface area contributed by atoms with Gasteiger partial charge in [-0.3, -0.25) is 9.59 Å². The number of rotatable bonds is 8. The number of amides is 1. The van der Waals surface area contributed by atoms with Crippen molar-refractivity contribution in [1.82, 2.24) is 4.90 Å². The lowest BCUT2D eigenvalue weighted by Gasteiger charge is -2.21. The fourth-order valence-electron chi connectivity index (χ4n) is 2.53. The summed E-state index contributed by atoms with van der Waals surface area (Å²) in [5, 5.41) is 0. The number of likely N-dealkylation sites (N-methyl/N-ethyl adjacent to an activating group) is 1. The van der Waals surface area contributed by atoms with Gasteiger partial charge in [0.1, 0.15) is 5.82 Å². The summed E-state index contributed by atoms with van der Waals surface area (Å²) in [5.41, 5.74) is 0.933. The van der Waals surface area contributed by atoms with Crippen LogP contribution in [0.25, 0.3) is 0 Å². The molecule has 0 N–H and O–H groups in total. The number of hydrogen-bond acceptors (Lipinski definition) is 5. The van der Waals surface area contributed by atoms with Crippen molar-refractivity contribution in [3.05, 3.63) is 66.0 Å². The fourth-order valence-corrected chi connectivity index (χ4v) is 3.75. The molecule has 0 radical (unpaired) electrons. The third-order valence-corrected chi connectivity index (χ3v) is 5.77. The van der Waals surface area contributed by atoms with Crippen LogP contribution in [-0.2, 0) is 30.7 Å². The van der Waals surface area contributed by atoms with Crippen molar-refractivity contribution in [2.45, 2.75) is 30.9 Å². The third-order valence-electron chi connectivity index (χ3n) is 4.04. The average Bonchev–Trinajstić information content (AvgIpc) is 2.67. The van der Waals surface area contributed by atoms with Gasteiger partial charge in [-0.2, -0.15) is 0 Å². The van der Waals surface area contributed by atoms with E-state index in [9.17, 15) is 22.4 Å². The van der Waals surface area contributed by atoms with E-state index in [1.807, 2.05) is 30.3 Å². The van der Waals surface area contributed by atoms with Crippen LogP contribution in [0.3, 0.4) is 0 Å². The van der Waals surface area contributed by atoms with Crippen LogP contribution < -0.4 is 0 Å². The number of esters is 1. The van der Waals surface area contributed by atoms with E-state index in [2.05, 4.69) is 0 Å². The molecule has 0 aliphatic carbocycles. The first kappa shape index (κ1) is 21.6. The minimum atomic E-state index is -3.75. The van der Waals surface area contributed by atoms with E-state index in [0.717, 1.165) is 29.8 Å². The van der Waals surface area contributed by atoms with Gasteiger partial charge in [0.2, 0.25) is 0 Å². The average molecular weight is 407 g/mol. The maximum atomic E-state index is 12.9. The predicted molar refractivity (Wildman–Crippen MR) is 102 cm³/mol. The first-order valence-electron chi connectivity index (χ1n) is 8.66. The van der Waals surface area contributed by atoms with E-state index in [1.165, 1.54) is 11.8 Å². The Morgan fingerprint density at radius 1 is 1.07 bits per heavy atom. The molecule has 6 nitrogen and oxygen atoms in total. The van der Waals surface area contributed by atoms with Crippen molar-refractivity contribution in [2.24, 2.45) is 0 Å². The minimum Gasteiger partial charge on any atom is -0.453 e. The smallest absolute Gasteiger partial charge is 0.307 e. The molecule has 0 bridgehead atoms. The predicted octanol–water partition coefficient (Wildman–Crippen LogP) is 2.58. The molecule has 0 aliphatic heterocycles. The Balaban J connectivity index is 1.86. The zero-order valence-corrected chi connectivity index (χ0v) is 16.5. The largest absolute Gasteiger partial charge is 0.453 e. The number of carbonyl (C=O) groups is 2. The lowest BCUT2D eigenvalue weighted by atomic mass is 10.2. The second-order valence-corrected chi connectivity index (χ2v) is 8.44. The Bertz CT molecular complexity index is 913. The highest BCUT2D eigenvalue weighted by Gasteiger charge is 2.23. The summed E-state index contributed by atoms with van der Waals surface area (Å²) in [7, 11) is -2.15. The van der Waals surface area contributed by atoms with Crippen LogP contribution >= 0.6 is 0 Å². The number of carbonyl (C=O) groups excluding carboxylic acids is 2. The van der Waals surface area contributed by atoms with Gasteiger partial charge in [0, 0.05) is 13.6 Å². The summed E-state index contributed by atoms with van der Waals surface area (Å²) in [6, 6.07) is 13.7. The number of nitrogens with zero attached hydrogens (tertiary/aromatic N) is 1. The van der Waals surface area contributed by atoms with Gasteiger partial charge in [0.15, 0.2) is 15.9 Å². The van der Waals surface area contributed by atoms with Crippen LogP contribution in [-0.4, -0.2) is 44.1 Å². The first-order valence-corrected chi connectivity index (χ1v) is 10.3. The Morgan fingerprint density at radius 3 is 2.29 bits per heavy atom. The monoisotopic (exact) mass is 407 g/mol. The quantitative estimate of drug-likeness (QED) is 0.496. The molecule has 0 fully saturated rings. The summed E-state index contributed by atoms with van der Waals surface area (Å²) < 4.78 is 42.3. The van der Waals surface area contributed by atoms with Gasteiger partial charge in [0.05, 0.1) is 17.1 Å². The van der Waals surface area contributed by atoms with Crippen molar-refractivity contribution < 1.29 is 27.1 Å². The van der Waals surface area contributed by atoms with Gasteiger partial charge >= 0.3 is 5.97 Å². The summed E-state index contributed by atoms with van der Waals surface area (Å²) in [5.74, 6) is -2.22. The Hall–Kier alpha value is -2.74. The van der Waals surface area contributed by atoms with Crippen LogP contribution in [0.4, 0.5) is 4.39 Å². The topological polar surface area (TPSA) is 80.8 Å². The molecule has 2 aromatic rings. The number of sulfone groups is 1. The highest BCUT2D eigenvalue weighted by molar-refractivity contribution is 7.91. The van der Waals surface area contributed by atoms with Crippen molar-refractivity contribution in [2.75, 3.05) is 12.8 Å². The van der Waals surface area contributed by atoms with E-state index in [1.54, 1.807) is 7.05 Å². The van der Waals surface area contributed by atoms with Crippen molar-refractivity contribution >= 4 is 21.7 Å². The maximum Gasteiger partial charge on any atom is 0.307 e. The number of benzene rings is 2. The van der Waals surface area contributed by atoms with Crippen molar-refractivity contribution in [1.29, 1.82) is 0 Å². The van der Waals surface area contributed by atoms with Crippen molar-refractivity contribution in [3.8, 4) is 0 Å². The van der Waals surface area contributed by atoms with Crippen LogP contribution in [0.1, 0.15) is 18.9 Å². The zero-order chi connectivity index (χ0) is 20.7. The molecule has 8 heteroatoms. The van der Waals surface area contributed by atoms with E-state index >= 15 is 0 Å². The molecular weight excluding hydrogens is 385 g/mol. The van der Waals surface area contributed by atoms with Crippen LogP contribution in [0.15, 0.2) is 59.5 Å².